The van der Waals surface area contributed by atoms with E-state index < -0.39 is 5.54 Å². The van der Waals surface area contributed by atoms with Crippen molar-refractivity contribution >= 4 is 23.6 Å². The van der Waals surface area contributed by atoms with Crippen molar-refractivity contribution < 1.29 is 9.59 Å². The van der Waals surface area contributed by atoms with E-state index in [1.165, 1.54) is 11.8 Å². The van der Waals surface area contributed by atoms with Crippen LogP contribution in [0, 0.1) is 5.92 Å². The van der Waals surface area contributed by atoms with Gasteiger partial charge in [-0.25, -0.2) is 0 Å². The molecule has 19 heavy (non-hydrogen) atoms. The third kappa shape index (κ3) is 3.63. The third-order valence-electron chi connectivity index (χ3n) is 3.81. The van der Waals surface area contributed by atoms with Crippen LogP contribution in [0.3, 0.4) is 0 Å². The Morgan fingerprint density at radius 2 is 1.95 bits per heavy atom. The smallest absolute Gasteiger partial charge is 0.238 e. The van der Waals surface area contributed by atoms with Gasteiger partial charge in [0.2, 0.25) is 11.8 Å². The van der Waals surface area contributed by atoms with Crippen molar-refractivity contribution in [1.29, 1.82) is 0 Å². The van der Waals surface area contributed by atoms with Gasteiger partial charge in [0.1, 0.15) is 5.54 Å². The second-order valence-electron chi connectivity index (χ2n) is 5.81. The average Bonchev–Trinajstić information content (AvgIpc) is 3.19. The lowest BCUT2D eigenvalue weighted by Gasteiger charge is -2.32. The Hall–Kier alpha value is -0.750. The maximum atomic E-state index is 11.9. The minimum Gasteiger partial charge on any atom is -0.368 e. The Balaban J connectivity index is 1.92. The molecular weight excluding hydrogens is 262 g/mol. The summed E-state index contributed by atoms with van der Waals surface area (Å²) in [7, 11) is 3.49. The molecule has 108 valence electrons. The van der Waals surface area contributed by atoms with Crippen molar-refractivity contribution in [3.8, 4) is 0 Å². The summed E-state index contributed by atoms with van der Waals surface area (Å²) in [6.45, 7) is 0. The van der Waals surface area contributed by atoms with E-state index in [9.17, 15) is 9.59 Å². The molecule has 2 fully saturated rings. The number of primary amides is 1. The van der Waals surface area contributed by atoms with Crippen LogP contribution >= 0.6 is 11.8 Å². The number of thioether (sulfide) groups is 1. The molecule has 0 radical (unpaired) electrons. The van der Waals surface area contributed by atoms with E-state index in [4.69, 9.17) is 5.73 Å². The van der Waals surface area contributed by atoms with Gasteiger partial charge < -0.3 is 10.6 Å². The number of nitrogens with one attached hydrogen (secondary N) is 1. The summed E-state index contributed by atoms with van der Waals surface area (Å²) in [6.07, 6.45) is 4.38. The van der Waals surface area contributed by atoms with Crippen molar-refractivity contribution in [3.63, 3.8) is 0 Å². The van der Waals surface area contributed by atoms with Crippen LogP contribution in [0.4, 0.5) is 0 Å². The topological polar surface area (TPSA) is 75.4 Å². The fourth-order valence-corrected chi connectivity index (χ4v) is 3.54. The zero-order valence-electron chi connectivity index (χ0n) is 11.6. The number of hydrogen-bond donors (Lipinski definition) is 2. The summed E-state index contributed by atoms with van der Waals surface area (Å²) >= 11 is 1.51. The van der Waals surface area contributed by atoms with Gasteiger partial charge in [0.15, 0.2) is 0 Å². The van der Waals surface area contributed by atoms with Gasteiger partial charge in [-0.1, -0.05) is 0 Å². The quantitative estimate of drug-likeness (QED) is 0.668. The second kappa shape index (κ2) is 5.71. The molecule has 5 nitrogen and oxygen atoms in total. The summed E-state index contributed by atoms with van der Waals surface area (Å²) < 4.78 is 0. The number of rotatable bonds is 8. The van der Waals surface area contributed by atoms with Gasteiger partial charge in [0.25, 0.3) is 0 Å². The van der Waals surface area contributed by atoms with Gasteiger partial charge in [-0.3, -0.25) is 14.9 Å². The van der Waals surface area contributed by atoms with Crippen LogP contribution in [-0.2, 0) is 9.59 Å². The zero-order valence-corrected chi connectivity index (χ0v) is 12.5. The predicted octanol–water partition coefficient (Wildman–Crippen LogP) is 0.194. The third-order valence-corrected chi connectivity index (χ3v) is 4.92. The largest absolute Gasteiger partial charge is 0.368 e. The highest BCUT2D eigenvalue weighted by atomic mass is 32.2. The lowest BCUT2D eigenvalue weighted by atomic mass is 9.94. The van der Waals surface area contributed by atoms with Gasteiger partial charge >= 0.3 is 0 Å². The predicted molar refractivity (Wildman–Crippen MR) is 76.8 cm³/mol. The Bertz CT molecular complexity index is 367. The first-order valence-corrected chi connectivity index (χ1v) is 7.96. The Morgan fingerprint density at radius 1 is 1.32 bits per heavy atom. The molecule has 6 heteroatoms. The summed E-state index contributed by atoms with van der Waals surface area (Å²) in [5, 5.41) is 3.45. The number of carbonyl (C=O) groups excluding carboxylic acids is 2. The van der Waals surface area contributed by atoms with Gasteiger partial charge in [0.05, 0.1) is 5.75 Å². The molecule has 0 aromatic carbocycles. The lowest BCUT2D eigenvalue weighted by molar-refractivity contribution is -0.126. The van der Waals surface area contributed by atoms with Gasteiger partial charge in [0, 0.05) is 25.9 Å². The van der Waals surface area contributed by atoms with E-state index in [1.54, 1.807) is 19.0 Å². The Morgan fingerprint density at radius 3 is 2.37 bits per heavy atom. The van der Waals surface area contributed by atoms with Crippen LogP contribution in [0.1, 0.15) is 25.7 Å². The molecule has 2 rings (SSSR count). The molecule has 1 unspecified atom stereocenters. The molecule has 0 saturated heterocycles. The van der Waals surface area contributed by atoms with E-state index >= 15 is 0 Å². The first-order chi connectivity index (χ1) is 8.95. The first-order valence-electron chi connectivity index (χ1n) is 6.81. The molecule has 0 bridgehead atoms. The fourth-order valence-electron chi connectivity index (χ4n) is 2.22. The van der Waals surface area contributed by atoms with Gasteiger partial charge in [-0.05, 0) is 31.6 Å². The van der Waals surface area contributed by atoms with Crippen molar-refractivity contribution in [1.82, 2.24) is 10.2 Å². The Labute approximate surface area is 118 Å². The van der Waals surface area contributed by atoms with E-state index in [-0.39, 0.29) is 11.8 Å². The average molecular weight is 285 g/mol. The highest BCUT2D eigenvalue weighted by molar-refractivity contribution is 8.00. The number of nitrogens with two attached hydrogens (primary N) is 1. The Kier molecular flexibility index (Phi) is 4.40. The van der Waals surface area contributed by atoms with Crippen LogP contribution in [0.25, 0.3) is 0 Å². The molecule has 3 N–H and O–H groups in total. The van der Waals surface area contributed by atoms with E-state index in [0.717, 1.165) is 25.7 Å². The number of nitrogens with zero attached hydrogens (tertiary/aromatic N) is 1. The van der Waals surface area contributed by atoms with E-state index in [2.05, 4.69) is 5.32 Å². The SMILES string of the molecule is CN(C)C(=O)CSCC(NC1CC1)(C(N)=O)C1CC1. The first kappa shape index (κ1) is 14.7. The minimum atomic E-state index is -0.599. The molecular formula is C13H23N3O2S. The molecule has 0 aromatic heterocycles. The molecule has 2 amide bonds. The molecule has 2 aliphatic rings. The number of amides is 2. The minimum absolute atomic E-state index is 0.0746. The van der Waals surface area contributed by atoms with Crippen molar-refractivity contribution in [2.75, 3.05) is 25.6 Å². The normalized spacial score (nSPS) is 21.8. The molecule has 2 aliphatic carbocycles. The van der Waals surface area contributed by atoms with Gasteiger partial charge in [-0.2, -0.15) is 0 Å². The number of carbonyl (C=O) groups is 2. The molecule has 0 spiro atoms. The maximum absolute atomic E-state index is 11.9. The standard InChI is InChI=1S/C13H23N3O2S/c1-16(2)11(17)7-19-8-13(12(14)18,9-3-4-9)15-10-5-6-10/h9-10,15H,3-8H2,1-2H3,(H2,14,18). The van der Waals surface area contributed by atoms with Crippen LogP contribution in [0.2, 0.25) is 0 Å². The molecule has 2 saturated carbocycles. The summed E-state index contributed by atoms with van der Waals surface area (Å²) in [6, 6.07) is 0.443. The zero-order chi connectivity index (χ0) is 14.0. The molecule has 0 heterocycles. The number of hydrogen-bond acceptors (Lipinski definition) is 4. The van der Waals surface area contributed by atoms with Crippen LogP contribution in [0.15, 0.2) is 0 Å². The lowest BCUT2D eigenvalue weighted by Crippen LogP contribution is -2.60. The van der Waals surface area contributed by atoms with Crippen molar-refractivity contribution in [2.24, 2.45) is 11.7 Å². The van der Waals surface area contributed by atoms with Crippen molar-refractivity contribution in [2.45, 2.75) is 37.3 Å². The summed E-state index contributed by atoms with van der Waals surface area (Å²) in [4.78, 5) is 25.1. The van der Waals surface area contributed by atoms with Crippen LogP contribution in [-0.4, -0.2) is 53.9 Å². The maximum Gasteiger partial charge on any atom is 0.238 e. The summed E-state index contributed by atoms with van der Waals surface area (Å²) in [5.41, 5.74) is 5.06. The molecule has 1 atom stereocenters. The van der Waals surface area contributed by atoms with Crippen LogP contribution < -0.4 is 11.1 Å². The molecule has 0 aromatic rings. The van der Waals surface area contributed by atoms with E-state index in [1.807, 2.05) is 0 Å². The monoisotopic (exact) mass is 285 g/mol. The highest BCUT2D eigenvalue weighted by Gasteiger charge is 2.51. The van der Waals surface area contributed by atoms with Crippen molar-refractivity contribution in [3.05, 3.63) is 0 Å². The second-order valence-corrected chi connectivity index (χ2v) is 6.80. The van der Waals surface area contributed by atoms with Gasteiger partial charge in [-0.15, -0.1) is 11.8 Å². The fraction of sp³-hybridized carbons (Fsp3) is 0.846. The highest BCUT2D eigenvalue weighted by Crippen LogP contribution is 2.43. The molecule has 0 aliphatic heterocycles. The summed E-state index contributed by atoms with van der Waals surface area (Å²) in [5.74, 6) is 1.18. The van der Waals surface area contributed by atoms with Crippen LogP contribution in [0.5, 0.6) is 0 Å². The van der Waals surface area contributed by atoms with E-state index in [0.29, 0.717) is 23.5 Å².